The number of rotatable bonds is 1. The zero-order chi connectivity index (χ0) is 8.41. The predicted molar refractivity (Wildman–Crippen MR) is 48.3 cm³/mol. The summed E-state index contributed by atoms with van der Waals surface area (Å²) in [5, 5.41) is 3.56. The van der Waals surface area contributed by atoms with Crippen LogP contribution in [0.1, 0.15) is 11.6 Å². The smallest absolute Gasteiger partial charge is 0.100 e. The van der Waals surface area contributed by atoms with Crippen LogP contribution in [0.25, 0.3) is 0 Å². The molecule has 1 saturated carbocycles. The fraction of sp³-hybridized carbons (Fsp3) is 0.455. The second-order valence-electron chi connectivity index (χ2n) is 4.22. The Morgan fingerprint density at radius 1 is 1.08 bits per heavy atom. The van der Waals surface area contributed by atoms with Gasteiger partial charge < -0.3 is 10.1 Å². The van der Waals surface area contributed by atoms with Gasteiger partial charge in [-0.1, -0.05) is 30.3 Å². The topological polar surface area (TPSA) is 24.6 Å². The molecule has 2 aliphatic heterocycles. The number of piperidine rings is 1. The minimum atomic E-state index is 0.565. The van der Waals surface area contributed by atoms with Crippen LogP contribution < -0.4 is 5.32 Å². The molecule has 3 aliphatic rings. The summed E-state index contributed by atoms with van der Waals surface area (Å²) in [6, 6.07) is 11.9. The fourth-order valence-electron chi connectivity index (χ4n) is 2.79. The van der Waals surface area contributed by atoms with E-state index in [1.54, 1.807) is 0 Å². The molecule has 13 heavy (non-hydrogen) atoms. The van der Waals surface area contributed by atoms with Crippen LogP contribution in [0.3, 0.4) is 0 Å². The van der Waals surface area contributed by atoms with Crippen molar-refractivity contribution in [2.45, 2.75) is 24.3 Å². The molecule has 2 saturated heterocycles. The molecule has 0 spiro atoms. The van der Waals surface area contributed by atoms with Crippen LogP contribution in [-0.4, -0.2) is 18.2 Å². The Morgan fingerprint density at radius 3 is 2.69 bits per heavy atom. The van der Waals surface area contributed by atoms with Crippen LogP contribution in [0.4, 0.5) is 0 Å². The van der Waals surface area contributed by atoms with Gasteiger partial charge in [0.15, 0.2) is 0 Å². The maximum absolute atomic E-state index is 5.50. The van der Waals surface area contributed by atoms with Crippen molar-refractivity contribution < 1.29 is 4.74 Å². The zero-order valence-electron chi connectivity index (χ0n) is 7.18. The summed E-state index contributed by atoms with van der Waals surface area (Å²) in [6.07, 6.45) is 1.17. The monoisotopic (exact) mass is 173 g/mol. The molecule has 4 rings (SSSR count). The molecular weight excluding hydrogens is 162 g/mol. The van der Waals surface area contributed by atoms with Crippen molar-refractivity contribution in [1.29, 1.82) is 0 Å². The van der Waals surface area contributed by atoms with Gasteiger partial charge in [0.1, 0.15) is 6.10 Å². The third-order valence-corrected chi connectivity index (χ3v) is 3.63. The molecule has 1 aliphatic carbocycles. The van der Waals surface area contributed by atoms with E-state index in [1.807, 2.05) is 0 Å². The van der Waals surface area contributed by atoms with Gasteiger partial charge in [-0.15, -0.1) is 0 Å². The molecule has 66 valence electrons. The van der Waals surface area contributed by atoms with Crippen LogP contribution >= 0.6 is 0 Å². The lowest BCUT2D eigenvalue weighted by Crippen LogP contribution is -2.67. The van der Waals surface area contributed by atoms with Crippen LogP contribution in [-0.2, 0) is 4.74 Å². The molecule has 0 aromatic heterocycles. The molecule has 3 fully saturated rings. The summed E-state index contributed by atoms with van der Waals surface area (Å²) >= 11 is 0. The van der Waals surface area contributed by atoms with Gasteiger partial charge in [0, 0.05) is 18.0 Å². The molecule has 5 atom stereocenters. The van der Waals surface area contributed by atoms with Gasteiger partial charge in [0.2, 0.25) is 0 Å². The van der Waals surface area contributed by atoms with E-state index in [0.29, 0.717) is 24.3 Å². The Balaban J connectivity index is 1.64. The number of benzene rings is 1. The van der Waals surface area contributed by atoms with Gasteiger partial charge in [-0.2, -0.15) is 0 Å². The Morgan fingerprint density at radius 2 is 1.92 bits per heavy atom. The number of ether oxygens (including phenoxy) is 1. The highest BCUT2D eigenvalue weighted by atomic mass is 16.6. The van der Waals surface area contributed by atoms with E-state index in [1.165, 1.54) is 5.56 Å². The van der Waals surface area contributed by atoms with Crippen molar-refractivity contribution in [2.75, 3.05) is 0 Å². The number of hydrogen-bond acceptors (Lipinski definition) is 2. The van der Waals surface area contributed by atoms with Crippen LogP contribution in [0.15, 0.2) is 30.3 Å². The van der Waals surface area contributed by atoms with Crippen molar-refractivity contribution >= 4 is 0 Å². The normalized spacial score (nSPS) is 49.7. The largest absolute Gasteiger partial charge is 0.367 e. The molecule has 1 aromatic rings. The first-order valence-electron chi connectivity index (χ1n) is 4.91. The van der Waals surface area contributed by atoms with Gasteiger partial charge in [-0.3, -0.25) is 0 Å². The highest BCUT2D eigenvalue weighted by Gasteiger charge is 2.71. The van der Waals surface area contributed by atoms with Crippen molar-refractivity contribution in [3.63, 3.8) is 0 Å². The van der Waals surface area contributed by atoms with E-state index in [9.17, 15) is 0 Å². The third kappa shape index (κ3) is 0.675. The van der Waals surface area contributed by atoms with Crippen LogP contribution in [0, 0.1) is 5.92 Å². The SMILES string of the molecule is c1ccc([C@@H]2N[C@@H]3[C@H]4O[C@H]4[C@@H]32)cc1. The van der Waals surface area contributed by atoms with Gasteiger partial charge in [-0.25, -0.2) is 0 Å². The lowest BCUT2D eigenvalue weighted by Gasteiger charge is -2.50. The molecule has 0 amide bonds. The van der Waals surface area contributed by atoms with Gasteiger partial charge >= 0.3 is 0 Å². The minimum Gasteiger partial charge on any atom is -0.367 e. The van der Waals surface area contributed by atoms with Crippen molar-refractivity contribution in [2.24, 2.45) is 5.92 Å². The molecular formula is C11H11NO. The first-order valence-corrected chi connectivity index (χ1v) is 4.91. The second kappa shape index (κ2) is 1.97. The number of nitrogens with one attached hydrogen (secondary N) is 1. The summed E-state index contributed by atoms with van der Waals surface area (Å²) in [7, 11) is 0. The first kappa shape index (κ1) is 6.57. The summed E-state index contributed by atoms with van der Waals surface area (Å²) in [6.45, 7) is 0. The summed E-state index contributed by atoms with van der Waals surface area (Å²) in [5.74, 6) is 0.771. The molecule has 1 aromatic carbocycles. The Bertz CT molecular complexity index is 350. The fourth-order valence-corrected chi connectivity index (χ4v) is 2.79. The molecule has 2 heteroatoms. The number of hydrogen-bond donors (Lipinski definition) is 1. The average Bonchev–Trinajstić information content (AvgIpc) is 2.81. The molecule has 1 N–H and O–H groups in total. The molecule has 0 unspecified atom stereocenters. The lowest BCUT2D eigenvalue weighted by atomic mass is 9.65. The predicted octanol–water partition coefficient (Wildman–Crippen LogP) is 1.10. The Kier molecular flexibility index (Phi) is 0.994. The van der Waals surface area contributed by atoms with E-state index in [4.69, 9.17) is 4.74 Å². The van der Waals surface area contributed by atoms with E-state index in [2.05, 4.69) is 35.6 Å². The summed E-state index contributed by atoms with van der Waals surface area (Å²) in [5.41, 5.74) is 1.41. The van der Waals surface area contributed by atoms with E-state index >= 15 is 0 Å². The molecule has 0 radical (unpaired) electrons. The van der Waals surface area contributed by atoms with E-state index in [0.717, 1.165) is 5.92 Å². The zero-order valence-corrected chi connectivity index (χ0v) is 7.18. The van der Waals surface area contributed by atoms with Gasteiger partial charge in [0.05, 0.1) is 6.10 Å². The van der Waals surface area contributed by atoms with Gasteiger partial charge in [-0.05, 0) is 5.56 Å². The summed E-state index contributed by atoms with van der Waals surface area (Å²) in [4.78, 5) is 0. The molecule has 2 heterocycles. The lowest BCUT2D eigenvalue weighted by molar-refractivity contribution is 0.0832. The highest BCUT2D eigenvalue weighted by Crippen LogP contribution is 2.58. The maximum atomic E-state index is 5.50. The van der Waals surface area contributed by atoms with E-state index < -0.39 is 0 Å². The van der Waals surface area contributed by atoms with E-state index in [-0.39, 0.29) is 0 Å². The van der Waals surface area contributed by atoms with Crippen molar-refractivity contribution in [1.82, 2.24) is 5.32 Å². The second-order valence-corrected chi connectivity index (χ2v) is 4.22. The van der Waals surface area contributed by atoms with Gasteiger partial charge in [0.25, 0.3) is 0 Å². The van der Waals surface area contributed by atoms with Crippen molar-refractivity contribution in [3.05, 3.63) is 35.9 Å². The minimum absolute atomic E-state index is 0.565. The molecule has 0 bridgehead atoms. The highest BCUT2D eigenvalue weighted by molar-refractivity contribution is 5.32. The van der Waals surface area contributed by atoms with Crippen molar-refractivity contribution in [3.8, 4) is 0 Å². The quantitative estimate of drug-likeness (QED) is 0.643. The number of epoxide rings is 1. The number of fused-ring (bicyclic) bond motifs is 4. The van der Waals surface area contributed by atoms with Crippen LogP contribution in [0.5, 0.6) is 0 Å². The first-order chi connectivity index (χ1) is 6.45. The standard InChI is InChI=1S/C11H11NO/c1-2-4-6(5-3-1)8-7-9(12-8)11-10(7)13-11/h1-5,7-12H/t7-,8+,9+,10+,11-/m1/s1. The average molecular weight is 173 g/mol. The molecule has 2 nitrogen and oxygen atoms in total. The Hall–Kier alpha value is -0.860. The Labute approximate surface area is 76.9 Å². The third-order valence-electron chi connectivity index (χ3n) is 3.63. The maximum Gasteiger partial charge on any atom is 0.100 e. The summed E-state index contributed by atoms with van der Waals surface area (Å²) < 4.78 is 5.50. The van der Waals surface area contributed by atoms with Crippen LogP contribution in [0.2, 0.25) is 0 Å².